The van der Waals surface area contributed by atoms with Crippen LogP contribution in [0.1, 0.15) is 34.2 Å². The average molecular weight is 274 g/mol. The van der Waals surface area contributed by atoms with E-state index in [1.807, 2.05) is 31.2 Å². The molecule has 1 heterocycles. The van der Waals surface area contributed by atoms with Gasteiger partial charge in [0, 0.05) is 6.54 Å². The lowest BCUT2D eigenvalue weighted by Gasteiger charge is -2.06. The third-order valence-electron chi connectivity index (χ3n) is 2.95. The van der Waals surface area contributed by atoms with Crippen LogP contribution in [-0.4, -0.2) is 27.6 Å². The lowest BCUT2D eigenvalue weighted by atomic mass is 10.1. The Hall–Kier alpha value is -2.21. The van der Waals surface area contributed by atoms with E-state index in [0.717, 1.165) is 5.56 Å². The van der Waals surface area contributed by atoms with E-state index in [9.17, 15) is 4.79 Å². The van der Waals surface area contributed by atoms with Gasteiger partial charge in [0.2, 0.25) is 0 Å². The first-order valence-electron chi connectivity index (χ1n) is 6.50. The Kier molecular flexibility index (Phi) is 4.47. The van der Waals surface area contributed by atoms with Crippen molar-refractivity contribution in [3.63, 3.8) is 0 Å². The number of nitrogens with zero attached hydrogens (tertiary/aromatic N) is 3. The third kappa shape index (κ3) is 3.03. The maximum Gasteiger partial charge on any atom is 0.360 e. The first-order valence-corrected chi connectivity index (χ1v) is 6.50. The minimum absolute atomic E-state index is 0.188. The molecule has 2 rings (SSSR count). The molecule has 0 saturated heterocycles. The second-order valence-corrected chi connectivity index (χ2v) is 4.45. The van der Waals surface area contributed by atoms with E-state index in [4.69, 9.17) is 10.5 Å². The number of hydrogen-bond acceptors (Lipinski definition) is 5. The standard InChI is InChI=1S/C14H18N4O2/c1-3-20-14(19)13-12(8-15)18(17-16-13)9-11-6-4-10(2)5-7-11/h4-7H,3,8-9,15H2,1-2H3. The van der Waals surface area contributed by atoms with Crippen molar-refractivity contribution in [3.8, 4) is 0 Å². The van der Waals surface area contributed by atoms with E-state index in [1.165, 1.54) is 5.56 Å². The largest absolute Gasteiger partial charge is 0.461 e. The van der Waals surface area contributed by atoms with E-state index in [2.05, 4.69) is 10.3 Å². The third-order valence-corrected chi connectivity index (χ3v) is 2.95. The van der Waals surface area contributed by atoms with Gasteiger partial charge >= 0.3 is 5.97 Å². The molecule has 106 valence electrons. The van der Waals surface area contributed by atoms with Crippen LogP contribution in [0.5, 0.6) is 0 Å². The zero-order chi connectivity index (χ0) is 14.5. The predicted molar refractivity (Wildman–Crippen MR) is 74.2 cm³/mol. The number of benzene rings is 1. The maximum atomic E-state index is 11.7. The first-order chi connectivity index (χ1) is 9.65. The lowest BCUT2D eigenvalue weighted by Crippen LogP contribution is -2.14. The highest BCUT2D eigenvalue weighted by Gasteiger charge is 2.19. The zero-order valence-corrected chi connectivity index (χ0v) is 11.7. The van der Waals surface area contributed by atoms with Crippen molar-refractivity contribution in [1.82, 2.24) is 15.0 Å². The molecule has 0 unspecified atom stereocenters. The summed E-state index contributed by atoms with van der Waals surface area (Å²) in [6, 6.07) is 8.09. The monoisotopic (exact) mass is 274 g/mol. The van der Waals surface area contributed by atoms with Crippen LogP contribution >= 0.6 is 0 Å². The maximum absolute atomic E-state index is 11.7. The summed E-state index contributed by atoms with van der Waals surface area (Å²) < 4.78 is 6.58. The fraction of sp³-hybridized carbons (Fsp3) is 0.357. The lowest BCUT2D eigenvalue weighted by molar-refractivity contribution is 0.0518. The molecule has 0 fully saturated rings. The van der Waals surface area contributed by atoms with E-state index in [1.54, 1.807) is 11.6 Å². The normalized spacial score (nSPS) is 10.6. The van der Waals surface area contributed by atoms with Crippen molar-refractivity contribution in [1.29, 1.82) is 0 Å². The van der Waals surface area contributed by atoms with Gasteiger partial charge in [-0.1, -0.05) is 35.0 Å². The summed E-state index contributed by atoms with van der Waals surface area (Å²) in [4.78, 5) is 11.7. The van der Waals surface area contributed by atoms with E-state index >= 15 is 0 Å². The molecule has 0 amide bonds. The van der Waals surface area contributed by atoms with Crippen molar-refractivity contribution in [2.45, 2.75) is 26.9 Å². The molecular formula is C14H18N4O2. The van der Waals surface area contributed by atoms with Crippen LogP contribution in [0.4, 0.5) is 0 Å². The second-order valence-electron chi connectivity index (χ2n) is 4.45. The molecule has 0 bridgehead atoms. The summed E-state index contributed by atoms with van der Waals surface area (Å²) >= 11 is 0. The summed E-state index contributed by atoms with van der Waals surface area (Å²) in [5, 5.41) is 7.87. The molecule has 2 aromatic rings. The van der Waals surface area contributed by atoms with Gasteiger partial charge in [-0.05, 0) is 19.4 Å². The summed E-state index contributed by atoms with van der Waals surface area (Å²) in [5.74, 6) is -0.483. The van der Waals surface area contributed by atoms with Gasteiger partial charge in [-0.2, -0.15) is 0 Å². The minimum Gasteiger partial charge on any atom is -0.461 e. The quantitative estimate of drug-likeness (QED) is 0.830. The number of carbonyl (C=O) groups excluding carboxylic acids is 1. The molecule has 0 aliphatic heterocycles. The van der Waals surface area contributed by atoms with Gasteiger partial charge in [-0.3, -0.25) is 0 Å². The van der Waals surface area contributed by atoms with Crippen molar-refractivity contribution in [2.75, 3.05) is 6.61 Å². The Morgan fingerprint density at radius 1 is 1.35 bits per heavy atom. The van der Waals surface area contributed by atoms with Crippen molar-refractivity contribution in [2.24, 2.45) is 5.73 Å². The SMILES string of the molecule is CCOC(=O)c1nnn(Cc2ccc(C)cc2)c1CN. The number of carbonyl (C=O) groups is 1. The van der Waals surface area contributed by atoms with Crippen LogP contribution in [0.25, 0.3) is 0 Å². The molecule has 0 aliphatic rings. The topological polar surface area (TPSA) is 83.0 Å². The fourth-order valence-electron chi connectivity index (χ4n) is 1.89. The second kappa shape index (κ2) is 6.29. The van der Waals surface area contributed by atoms with Gasteiger partial charge in [0.05, 0.1) is 18.8 Å². The first kappa shape index (κ1) is 14.2. The van der Waals surface area contributed by atoms with Crippen molar-refractivity contribution < 1.29 is 9.53 Å². The summed E-state index contributed by atoms with van der Waals surface area (Å²) in [7, 11) is 0. The zero-order valence-electron chi connectivity index (χ0n) is 11.7. The number of nitrogens with two attached hydrogens (primary N) is 1. The molecule has 2 N–H and O–H groups in total. The fourth-order valence-corrected chi connectivity index (χ4v) is 1.89. The molecule has 6 heteroatoms. The molecule has 0 radical (unpaired) electrons. The predicted octanol–water partition coefficient (Wildman–Crippen LogP) is 1.27. The molecule has 20 heavy (non-hydrogen) atoms. The smallest absolute Gasteiger partial charge is 0.360 e. The van der Waals surface area contributed by atoms with Gasteiger partial charge in [0.1, 0.15) is 0 Å². The Morgan fingerprint density at radius 2 is 2.05 bits per heavy atom. The average Bonchev–Trinajstić information content (AvgIpc) is 2.84. The highest BCUT2D eigenvalue weighted by Crippen LogP contribution is 2.10. The number of rotatable bonds is 5. The van der Waals surface area contributed by atoms with Crippen LogP contribution in [0.2, 0.25) is 0 Å². The number of esters is 1. The van der Waals surface area contributed by atoms with Crippen molar-refractivity contribution >= 4 is 5.97 Å². The van der Waals surface area contributed by atoms with Crippen LogP contribution in [-0.2, 0) is 17.8 Å². The molecule has 0 saturated carbocycles. The van der Waals surface area contributed by atoms with Crippen LogP contribution < -0.4 is 5.73 Å². The number of aromatic nitrogens is 3. The summed E-state index contributed by atoms with van der Waals surface area (Å²) in [6.07, 6.45) is 0. The Morgan fingerprint density at radius 3 is 2.65 bits per heavy atom. The number of ether oxygens (including phenoxy) is 1. The molecule has 0 atom stereocenters. The molecular weight excluding hydrogens is 256 g/mol. The minimum atomic E-state index is -0.483. The van der Waals surface area contributed by atoms with E-state index in [0.29, 0.717) is 18.8 Å². The molecule has 0 aliphatic carbocycles. The Balaban J connectivity index is 2.24. The Labute approximate surface area is 117 Å². The van der Waals surface area contributed by atoms with Crippen LogP contribution in [0.3, 0.4) is 0 Å². The molecule has 6 nitrogen and oxygen atoms in total. The van der Waals surface area contributed by atoms with Crippen LogP contribution in [0.15, 0.2) is 24.3 Å². The van der Waals surface area contributed by atoms with Gasteiger partial charge < -0.3 is 10.5 Å². The van der Waals surface area contributed by atoms with Crippen LogP contribution in [0, 0.1) is 6.92 Å². The van der Waals surface area contributed by atoms with E-state index in [-0.39, 0.29) is 12.2 Å². The number of aryl methyl sites for hydroxylation is 1. The molecule has 1 aromatic carbocycles. The van der Waals surface area contributed by atoms with Crippen molar-refractivity contribution in [3.05, 3.63) is 46.8 Å². The van der Waals surface area contributed by atoms with Gasteiger partial charge in [-0.15, -0.1) is 5.10 Å². The highest BCUT2D eigenvalue weighted by molar-refractivity contribution is 5.88. The van der Waals surface area contributed by atoms with Gasteiger partial charge in [0.15, 0.2) is 5.69 Å². The van der Waals surface area contributed by atoms with E-state index < -0.39 is 5.97 Å². The highest BCUT2D eigenvalue weighted by atomic mass is 16.5. The summed E-state index contributed by atoms with van der Waals surface area (Å²) in [5.41, 5.74) is 8.75. The summed E-state index contributed by atoms with van der Waals surface area (Å²) in [6.45, 7) is 4.79. The molecule has 0 spiro atoms. The Bertz CT molecular complexity index is 590. The van der Waals surface area contributed by atoms with Gasteiger partial charge in [-0.25, -0.2) is 9.48 Å². The molecule has 1 aromatic heterocycles. The number of hydrogen-bond donors (Lipinski definition) is 1. The van der Waals surface area contributed by atoms with Gasteiger partial charge in [0.25, 0.3) is 0 Å².